The van der Waals surface area contributed by atoms with Crippen LogP contribution in [-0.4, -0.2) is 24.6 Å². The summed E-state index contributed by atoms with van der Waals surface area (Å²) in [4.78, 5) is 14.3. The van der Waals surface area contributed by atoms with E-state index in [1.807, 2.05) is 0 Å². The molecular formula is C13H12N2O5S. The van der Waals surface area contributed by atoms with Crippen molar-refractivity contribution in [2.24, 2.45) is 0 Å². The minimum Gasteiger partial charge on any atom is -0.449 e. The fourth-order valence-electron chi connectivity index (χ4n) is 1.60. The van der Waals surface area contributed by atoms with Gasteiger partial charge >= 0.3 is 5.69 Å². The second-order valence-corrected chi connectivity index (χ2v) is 6.41. The summed E-state index contributed by atoms with van der Waals surface area (Å²) in [5.74, 6) is 0.286. The number of rotatable bonds is 4. The van der Waals surface area contributed by atoms with Gasteiger partial charge in [0, 0.05) is 18.0 Å². The number of sulfone groups is 1. The van der Waals surface area contributed by atoms with Gasteiger partial charge in [-0.05, 0) is 31.2 Å². The van der Waals surface area contributed by atoms with Gasteiger partial charge in [-0.2, -0.15) is 0 Å². The molecule has 2 rings (SSSR count). The van der Waals surface area contributed by atoms with Gasteiger partial charge in [0.1, 0.15) is 5.75 Å². The van der Waals surface area contributed by atoms with E-state index in [2.05, 4.69) is 4.98 Å². The van der Waals surface area contributed by atoms with Crippen molar-refractivity contribution in [2.45, 2.75) is 11.8 Å². The molecule has 0 radical (unpaired) electrons. The van der Waals surface area contributed by atoms with Crippen LogP contribution in [-0.2, 0) is 9.84 Å². The predicted molar refractivity (Wildman–Crippen MR) is 75.3 cm³/mol. The summed E-state index contributed by atoms with van der Waals surface area (Å²) in [5.41, 5.74) is 0.364. The van der Waals surface area contributed by atoms with E-state index in [1.54, 1.807) is 19.1 Å². The number of aryl methyl sites for hydroxylation is 1. The van der Waals surface area contributed by atoms with Crippen molar-refractivity contribution in [3.8, 4) is 11.5 Å². The molecule has 0 aliphatic carbocycles. The molecule has 0 atom stereocenters. The summed E-state index contributed by atoms with van der Waals surface area (Å²) in [5, 5.41) is 11.1. The first-order valence-corrected chi connectivity index (χ1v) is 7.75. The third-order valence-electron chi connectivity index (χ3n) is 2.67. The first kappa shape index (κ1) is 14.9. The number of pyridine rings is 1. The zero-order valence-electron chi connectivity index (χ0n) is 11.3. The maximum absolute atomic E-state index is 11.4. The van der Waals surface area contributed by atoms with Crippen LogP contribution in [0.2, 0.25) is 0 Å². The Bertz CT molecular complexity index is 785. The van der Waals surface area contributed by atoms with E-state index in [0.717, 1.165) is 18.0 Å². The molecule has 0 N–H and O–H groups in total. The zero-order chi connectivity index (χ0) is 15.6. The van der Waals surface area contributed by atoms with Crippen molar-refractivity contribution in [1.82, 2.24) is 4.98 Å². The molecule has 0 saturated carbocycles. The highest BCUT2D eigenvalue weighted by Crippen LogP contribution is 2.33. The van der Waals surface area contributed by atoms with E-state index in [9.17, 15) is 18.5 Å². The van der Waals surface area contributed by atoms with Crippen LogP contribution in [0.15, 0.2) is 41.4 Å². The van der Waals surface area contributed by atoms with Crippen LogP contribution in [0.5, 0.6) is 11.5 Å². The van der Waals surface area contributed by atoms with Crippen LogP contribution in [0.4, 0.5) is 5.69 Å². The van der Waals surface area contributed by atoms with Gasteiger partial charge in [0.15, 0.2) is 9.84 Å². The van der Waals surface area contributed by atoms with E-state index in [-0.39, 0.29) is 10.6 Å². The molecule has 0 aliphatic heterocycles. The van der Waals surface area contributed by atoms with Gasteiger partial charge < -0.3 is 4.74 Å². The Labute approximate surface area is 121 Å². The molecule has 8 heteroatoms. The van der Waals surface area contributed by atoms with E-state index in [1.165, 1.54) is 18.3 Å². The summed E-state index contributed by atoms with van der Waals surface area (Å²) in [6.45, 7) is 1.80. The van der Waals surface area contributed by atoms with Gasteiger partial charge in [-0.15, -0.1) is 0 Å². The predicted octanol–water partition coefficient (Wildman–Crippen LogP) is 2.49. The highest BCUT2D eigenvalue weighted by atomic mass is 32.2. The average Bonchev–Trinajstić information content (AvgIpc) is 2.40. The lowest BCUT2D eigenvalue weighted by molar-refractivity contribution is -0.385. The zero-order valence-corrected chi connectivity index (χ0v) is 12.1. The van der Waals surface area contributed by atoms with Crippen molar-refractivity contribution < 1.29 is 18.1 Å². The van der Waals surface area contributed by atoms with Crippen molar-refractivity contribution in [1.29, 1.82) is 0 Å². The van der Waals surface area contributed by atoms with Crippen molar-refractivity contribution in [2.75, 3.05) is 6.26 Å². The van der Waals surface area contributed by atoms with Crippen molar-refractivity contribution >= 4 is 15.5 Å². The molecule has 1 aromatic heterocycles. The molecule has 110 valence electrons. The Hall–Kier alpha value is -2.48. The number of benzene rings is 1. The topological polar surface area (TPSA) is 99.4 Å². The quantitative estimate of drug-likeness (QED) is 0.635. The smallest absolute Gasteiger partial charge is 0.312 e. The Morgan fingerprint density at radius 3 is 2.48 bits per heavy atom. The van der Waals surface area contributed by atoms with Gasteiger partial charge in [0.05, 0.1) is 16.0 Å². The molecule has 1 aromatic carbocycles. The number of hydrogen-bond donors (Lipinski definition) is 0. The van der Waals surface area contributed by atoms with Crippen molar-refractivity contribution in [3.63, 3.8) is 0 Å². The highest BCUT2D eigenvalue weighted by Gasteiger charge is 2.20. The second kappa shape index (κ2) is 5.49. The molecule has 0 saturated heterocycles. The summed E-state index contributed by atoms with van der Waals surface area (Å²) >= 11 is 0. The maximum Gasteiger partial charge on any atom is 0.312 e. The largest absolute Gasteiger partial charge is 0.449 e. The maximum atomic E-state index is 11.4. The Morgan fingerprint density at radius 1 is 1.24 bits per heavy atom. The van der Waals surface area contributed by atoms with Gasteiger partial charge in [0.2, 0.25) is 5.75 Å². The summed E-state index contributed by atoms with van der Waals surface area (Å²) in [6, 6.07) is 6.82. The minimum absolute atomic E-state index is 0.0435. The summed E-state index contributed by atoms with van der Waals surface area (Å²) in [6.07, 6.45) is 2.42. The van der Waals surface area contributed by atoms with Crippen molar-refractivity contribution in [3.05, 3.63) is 52.3 Å². The van der Waals surface area contributed by atoms with E-state index >= 15 is 0 Å². The average molecular weight is 308 g/mol. The molecule has 0 fully saturated rings. The highest BCUT2D eigenvalue weighted by molar-refractivity contribution is 7.90. The summed E-state index contributed by atoms with van der Waals surface area (Å²) < 4.78 is 28.3. The lowest BCUT2D eigenvalue weighted by Crippen LogP contribution is -2.00. The molecular weight excluding hydrogens is 296 g/mol. The first-order valence-electron chi connectivity index (χ1n) is 5.86. The third kappa shape index (κ3) is 3.54. The monoisotopic (exact) mass is 308 g/mol. The van der Waals surface area contributed by atoms with Gasteiger partial charge in [-0.3, -0.25) is 15.1 Å². The first-order chi connectivity index (χ1) is 9.77. The Morgan fingerprint density at radius 2 is 1.95 bits per heavy atom. The van der Waals surface area contributed by atoms with E-state index in [4.69, 9.17) is 4.74 Å². The molecule has 0 aliphatic rings. The fraction of sp³-hybridized carbons (Fsp3) is 0.154. The van der Waals surface area contributed by atoms with Crippen LogP contribution in [0.1, 0.15) is 5.69 Å². The molecule has 0 unspecified atom stereocenters. The van der Waals surface area contributed by atoms with Gasteiger partial charge in [0.25, 0.3) is 0 Å². The fourth-order valence-corrected chi connectivity index (χ4v) is 2.24. The van der Waals surface area contributed by atoms with E-state index in [0.29, 0.717) is 5.75 Å². The van der Waals surface area contributed by atoms with Gasteiger partial charge in [-0.1, -0.05) is 0 Å². The molecule has 1 heterocycles. The normalized spacial score (nSPS) is 11.1. The SMILES string of the molecule is Cc1ccc(Oc2ccc(S(C)(=O)=O)cc2[N+](=O)[O-])cn1. The third-order valence-corrected chi connectivity index (χ3v) is 3.78. The lowest BCUT2D eigenvalue weighted by Gasteiger charge is -2.07. The summed E-state index contributed by atoms with van der Waals surface area (Å²) in [7, 11) is -3.53. The van der Waals surface area contributed by atoms with Crippen LogP contribution >= 0.6 is 0 Å². The number of nitro groups is 1. The van der Waals surface area contributed by atoms with Crippen LogP contribution in [0.25, 0.3) is 0 Å². The molecule has 7 nitrogen and oxygen atoms in total. The standard InChI is InChI=1S/C13H12N2O5S/c1-9-3-4-10(8-14-9)20-13-6-5-11(21(2,18)19)7-12(13)15(16)17/h3-8H,1-2H3. The lowest BCUT2D eigenvalue weighted by atomic mass is 10.3. The molecule has 21 heavy (non-hydrogen) atoms. The number of hydrogen-bond acceptors (Lipinski definition) is 6. The number of aromatic nitrogens is 1. The minimum atomic E-state index is -3.53. The Balaban J connectivity index is 2.44. The molecule has 0 spiro atoms. The van der Waals surface area contributed by atoms with Crippen LogP contribution in [0, 0.1) is 17.0 Å². The van der Waals surface area contributed by atoms with Gasteiger partial charge in [-0.25, -0.2) is 8.42 Å². The molecule has 2 aromatic rings. The van der Waals surface area contributed by atoms with E-state index < -0.39 is 20.4 Å². The number of ether oxygens (including phenoxy) is 1. The second-order valence-electron chi connectivity index (χ2n) is 4.40. The molecule has 0 bridgehead atoms. The molecule has 0 amide bonds. The Kier molecular flexibility index (Phi) is 3.90. The number of nitrogens with zero attached hydrogens (tertiary/aromatic N) is 2. The number of nitro benzene ring substituents is 1. The van der Waals surface area contributed by atoms with Crippen LogP contribution < -0.4 is 4.74 Å². The van der Waals surface area contributed by atoms with Crippen LogP contribution in [0.3, 0.4) is 0 Å².